The number of hydrogen-bond donors (Lipinski definition) is 2. The minimum absolute atomic E-state index is 0.00452. The van der Waals surface area contributed by atoms with Gasteiger partial charge in [0.15, 0.2) is 0 Å². The van der Waals surface area contributed by atoms with Crippen molar-refractivity contribution in [2.45, 2.75) is 19.4 Å². The molecule has 0 radical (unpaired) electrons. The van der Waals surface area contributed by atoms with Crippen molar-refractivity contribution in [1.82, 2.24) is 10.6 Å². The largest absolute Gasteiger partial charge is 0.365 e. The van der Waals surface area contributed by atoms with E-state index in [2.05, 4.69) is 10.6 Å². The molecule has 3 amide bonds. The van der Waals surface area contributed by atoms with E-state index in [1.807, 2.05) is 13.0 Å². The molecule has 7 heteroatoms. The maximum Gasteiger partial charge on any atom is 0.314 e. The number of amides is 3. The topological polar surface area (TPSA) is 70.7 Å². The first-order valence-corrected chi connectivity index (χ1v) is 7.67. The number of urea groups is 1. The number of halogens is 1. The van der Waals surface area contributed by atoms with Crippen LogP contribution in [0, 0.1) is 0 Å². The van der Waals surface area contributed by atoms with E-state index >= 15 is 0 Å². The third-order valence-corrected chi connectivity index (χ3v) is 3.51. The summed E-state index contributed by atoms with van der Waals surface area (Å²) < 4.78 is 5.46. The van der Waals surface area contributed by atoms with Crippen LogP contribution < -0.4 is 15.5 Å². The molecule has 1 heterocycles. The Morgan fingerprint density at radius 2 is 2.27 bits per heavy atom. The predicted octanol–water partition coefficient (Wildman–Crippen LogP) is 1.78. The summed E-state index contributed by atoms with van der Waals surface area (Å²) in [7, 11) is 0. The van der Waals surface area contributed by atoms with Crippen LogP contribution >= 0.6 is 11.6 Å². The number of rotatable bonds is 5. The van der Waals surface area contributed by atoms with Gasteiger partial charge in [-0.15, -0.1) is 0 Å². The number of anilines is 1. The van der Waals surface area contributed by atoms with Crippen LogP contribution in [0.25, 0.3) is 0 Å². The van der Waals surface area contributed by atoms with Crippen LogP contribution in [0.1, 0.15) is 13.3 Å². The fourth-order valence-corrected chi connectivity index (χ4v) is 2.33. The van der Waals surface area contributed by atoms with Gasteiger partial charge in [-0.05, 0) is 24.6 Å². The number of carbonyl (C=O) groups is 2. The summed E-state index contributed by atoms with van der Waals surface area (Å²) in [5, 5.41) is 6.05. The van der Waals surface area contributed by atoms with E-state index in [1.165, 1.54) is 0 Å². The minimum atomic E-state index is -0.246. The van der Waals surface area contributed by atoms with Crippen LogP contribution in [-0.4, -0.2) is 44.3 Å². The molecule has 22 heavy (non-hydrogen) atoms. The van der Waals surface area contributed by atoms with Crippen molar-refractivity contribution in [3.63, 3.8) is 0 Å². The quantitative estimate of drug-likeness (QED) is 0.867. The zero-order valence-corrected chi connectivity index (χ0v) is 13.2. The lowest BCUT2D eigenvalue weighted by Gasteiger charge is -2.33. The number of ether oxygens (including phenoxy) is 1. The smallest absolute Gasteiger partial charge is 0.314 e. The fourth-order valence-electron chi connectivity index (χ4n) is 2.15. The van der Waals surface area contributed by atoms with E-state index in [4.69, 9.17) is 16.3 Å². The highest BCUT2D eigenvalue weighted by Crippen LogP contribution is 2.22. The van der Waals surface area contributed by atoms with Crippen molar-refractivity contribution in [3.05, 3.63) is 29.3 Å². The Hall–Kier alpha value is -1.79. The Bertz CT molecular complexity index is 539. The highest BCUT2D eigenvalue weighted by molar-refractivity contribution is 6.30. The van der Waals surface area contributed by atoms with Gasteiger partial charge in [-0.1, -0.05) is 24.6 Å². The number of nitrogens with one attached hydrogen (secondary N) is 2. The van der Waals surface area contributed by atoms with Crippen LogP contribution in [0.3, 0.4) is 0 Å². The normalized spacial score (nSPS) is 18.2. The Balaban J connectivity index is 1.91. The molecule has 1 saturated heterocycles. The van der Waals surface area contributed by atoms with Gasteiger partial charge < -0.3 is 20.3 Å². The maximum absolute atomic E-state index is 12.0. The second-order valence-corrected chi connectivity index (χ2v) is 5.49. The van der Waals surface area contributed by atoms with Crippen LogP contribution in [0.4, 0.5) is 10.5 Å². The summed E-state index contributed by atoms with van der Waals surface area (Å²) in [4.78, 5) is 25.1. The summed E-state index contributed by atoms with van der Waals surface area (Å²) in [6.45, 7) is 3.34. The number of carbonyl (C=O) groups excluding carboxylic acids is 2. The Labute approximate surface area is 134 Å². The Morgan fingerprint density at radius 3 is 3.00 bits per heavy atom. The summed E-state index contributed by atoms with van der Waals surface area (Å²) in [5.74, 6) is -0.117. The third kappa shape index (κ3) is 4.61. The number of benzene rings is 1. The van der Waals surface area contributed by atoms with Gasteiger partial charge in [0.2, 0.25) is 0 Å². The summed E-state index contributed by atoms with van der Waals surface area (Å²) >= 11 is 5.96. The second-order valence-electron chi connectivity index (χ2n) is 5.05. The van der Waals surface area contributed by atoms with E-state index in [9.17, 15) is 9.59 Å². The molecule has 120 valence electrons. The Morgan fingerprint density at radius 1 is 1.45 bits per heavy atom. The molecule has 0 bridgehead atoms. The van der Waals surface area contributed by atoms with Gasteiger partial charge in [0.1, 0.15) is 6.61 Å². The molecule has 0 aromatic heterocycles. The van der Waals surface area contributed by atoms with Crippen molar-refractivity contribution >= 4 is 29.2 Å². The van der Waals surface area contributed by atoms with E-state index in [1.54, 1.807) is 23.1 Å². The fraction of sp³-hybridized carbons (Fsp3) is 0.467. The van der Waals surface area contributed by atoms with Crippen molar-refractivity contribution in [3.8, 4) is 0 Å². The van der Waals surface area contributed by atoms with Gasteiger partial charge >= 0.3 is 6.03 Å². The van der Waals surface area contributed by atoms with E-state index in [-0.39, 0.29) is 24.6 Å². The van der Waals surface area contributed by atoms with Crippen molar-refractivity contribution in [2.24, 2.45) is 0 Å². The zero-order chi connectivity index (χ0) is 15.9. The number of hydrogen-bond acceptors (Lipinski definition) is 3. The first kappa shape index (κ1) is 16.6. The molecule has 0 aliphatic carbocycles. The van der Waals surface area contributed by atoms with E-state index in [0.717, 1.165) is 12.1 Å². The molecular formula is C15H20ClN3O3. The summed E-state index contributed by atoms with van der Waals surface area (Å²) in [6, 6.07) is 6.90. The molecule has 1 unspecified atom stereocenters. The first-order valence-electron chi connectivity index (χ1n) is 7.29. The van der Waals surface area contributed by atoms with Crippen molar-refractivity contribution in [1.29, 1.82) is 0 Å². The lowest BCUT2D eigenvalue weighted by atomic mass is 10.2. The van der Waals surface area contributed by atoms with E-state index in [0.29, 0.717) is 24.7 Å². The summed E-state index contributed by atoms with van der Waals surface area (Å²) in [6.07, 6.45) is 0.633. The maximum atomic E-state index is 12.0. The molecule has 1 fully saturated rings. The molecule has 0 spiro atoms. The lowest BCUT2D eigenvalue weighted by molar-refractivity contribution is -0.129. The predicted molar refractivity (Wildman–Crippen MR) is 85.2 cm³/mol. The van der Waals surface area contributed by atoms with Gasteiger partial charge in [-0.25, -0.2) is 4.79 Å². The zero-order valence-electron chi connectivity index (χ0n) is 12.5. The highest BCUT2D eigenvalue weighted by atomic mass is 35.5. The number of morpholine rings is 1. The molecule has 1 atom stereocenters. The molecule has 2 rings (SSSR count). The molecule has 0 saturated carbocycles. The third-order valence-electron chi connectivity index (χ3n) is 3.28. The van der Waals surface area contributed by atoms with Gasteiger partial charge in [0, 0.05) is 23.8 Å². The Kier molecular flexibility index (Phi) is 6.03. The van der Waals surface area contributed by atoms with Crippen molar-refractivity contribution in [2.75, 3.05) is 31.1 Å². The van der Waals surface area contributed by atoms with Gasteiger partial charge in [-0.3, -0.25) is 4.79 Å². The van der Waals surface area contributed by atoms with E-state index < -0.39 is 0 Å². The minimum Gasteiger partial charge on any atom is -0.365 e. The van der Waals surface area contributed by atoms with Gasteiger partial charge in [-0.2, -0.15) is 0 Å². The summed E-state index contributed by atoms with van der Waals surface area (Å²) in [5.41, 5.74) is 0.737. The molecule has 1 aromatic carbocycles. The monoisotopic (exact) mass is 325 g/mol. The van der Waals surface area contributed by atoms with Crippen LogP contribution in [-0.2, 0) is 9.53 Å². The average Bonchev–Trinajstić information content (AvgIpc) is 2.52. The van der Waals surface area contributed by atoms with Crippen LogP contribution in [0.2, 0.25) is 5.02 Å². The highest BCUT2D eigenvalue weighted by Gasteiger charge is 2.27. The van der Waals surface area contributed by atoms with Crippen LogP contribution in [0.15, 0.2) is 24.3 Å². The SMILES string of the molecule is CCCNC(=O)NCC1CN(c2cccc(Cl)c2)C(=O)CO1. The van der Waals surface area contributed by atoms with Gasteiger partial charge in [0.05, 0.1) is 12.6 Å². The molecular weight excluding hydrogens is 306 g/mol. The van der Waals surface area contributed by atoms with Gasteiger partial charge in [0.25, 0.3) is 5.91 Å². The van der Waals surface area contributed by atoms with Crippen molar-refractivity contribution < 1.29 is 14.3 Å². The molecule has 6 nitrogen and oxygen atoms in total. The van der Waals surface area contributed by atoms with Crippen LogP contribution in [0.5, 0.6) is 0 Å². The number of nitrogens with zero attached hydrogens (tertiary/aromatic N) is 1. The standard InChI is InChI=1S/C15H20ClN3O3/c1-2-6-17-15(21)18-8-13-9-19(14(20)10-22-13)12-5-3-4-11(16)7-12/h3-5,7,13H,2,6,8-10H2,1H3,(H2,17,18,21). The second kappa shape index (κ2) is 8.00. The average molecular weight is 326 g/mol. The molecule has 1 aliphatic rings. The molecule has 1 aliphatic heterocycles. The first-order chi connectivity index (χ1) is 10.6. The molecule has 2 N–H and O–H groups in total. The molecule has 1 aromatic rings. The lowest BCUT2D eigenvalue weighted by Crippen LogP contribution is -2.51.